The van der Waals surface area contributed by atoms with E-state index in [0.717, 1.165) is 22.4 Å². The summed E-state index contributed by atoms with van der Waals surface area (Å²) in [6.45, 7) is 4.43. The van der Waals surface area contributed by atoms with Gasteiger partial charge in [0.05, 0.1) is 0 Å². The van der Waals surface area contributed by atoms with Crippen molar-refractivity contribution in [3.8, 4) is 5.75 Å². The van der Waals surface area contributed by atoms with E-state index in [4.69, 9.17) is 23.2 Å². The van der Waals surface area contributed by atoms with E-state index in [-0.39, 0.29) is 0 Å². The zero-order chi connectivity index (χ0) is 14.0. The first-order chi connectivity index (χ1) is 8.95. The average Bonchev–Trinajstić information content (AvgIpc) is 2.32. The van der Waals surface area contributed by atoms with E-state index in [1.54, 1.807) is 6.07 Å². The first-order valence-corrected chi connectivity index (χ1v) is 6.70. The first kappa shape index (κ1) is 14.0. The number of aromatic hydroxyl groups is 1. The quantitative estimate of drug-likeness (QED) is 0.842. The van der Waals surface area contributed by atoms with Crippen LogP contribution in [0.5, 0.6) is 5.75 Å². The molecule has 0 aliphatic rings. The number of rotatable bonds is 3. The van der Waals surface area contributed by atoms with E-state index in [0.29, 0.717) is 22.3 Å². The Morgan fingerprint density at radius 3 is 2.00 bits per heavy atom. The molecule has 2 nitrogen and oxygen atoms in total. The van der Waals surface area contributed by atoms with Gasteiger partial charge in [0.25, 0.3) is 0 Å². The fourth-order valence-electron chi connectivity index (χ4n) is 2.01. The summed E-state index contributed by atoms with van der Waals surface area (Å²) in [5, 5.41) is 14.2. The van der Waals surface area contributed by atoms with Crippen molar-refractivity contribution >= 4 is 28.9 Å². The Labute approximate surface area is 123 Å². The zero-order valence-electron chi connectivity index (χ0n) is 10.8. The number of benzene rings is 2. The monoisotopic (exact) mass is 295 g/mol. The Balaban J connectivity index is 2.14. The van der Waals surface area contributed by atoms with E-state index in [9.17, 15) is 5.11 Å². The fourth-order valence-corrected chi connectivity index (χ4v) is 2.53. The molecular weight excluding hydrogens is 281 g/mol. The van der Waals surface area contributed by atoms with Gasteiger partial charge in [0.1, 0.15) is 5.75 Å². The second kappa shape index (κ2) is 5.72. The van der Waals surface area contributed by atoms with Gasteiger partial charge in [-0.3, -0.25) is 0 Å². The molecule has 2 N–H and O–H groups in total. The average molecular weight is 296 g/mol. The number of hydrogen-bond donors (Lipinski definition) is 2. The van der Waals surface area contributed by atoms with E-state index in [1.165, 1.54) is 0 Å². The molecule has 4 heteroatoms. The molecule has 0 saturated heterocycles. The van der Waals surface area contributed by atoms with Crippen molar-refractivity contribution in [3.63, 3.8) is 0 Å². The van der Waals surface area contributed by atoms with Crippen LogP contribution in [0, 0.1) is 13.8 Å². The summed E-state index contributed by atoms with van der Waals surface area (Å²) in [6, 6.07) is 9.27. The molecule has 0 atom stereocenters. The number of nitrogens with one attached hydrogen (secondary N) is 1. The SMILES string of the molecule is Cc1cc(CNc2cc(Cl)cc(Cl)c2)cc(C)c1O. The highest BCUT2D eigenvalue weighted by Gasteiger charge is 2.04. The van der Waals surface area contributed by atoms with Gasteiger partial charge in [-0.25, -0.2) is 0 Å². The Bertz CT molecular complexity index is 568. The summed E-state index contributed by atoms with van der Waals surface area (Å²) in [7, 11) is 0. The molecule has 0 bridgehead atoms. The summed E-state index contributed by atoms with van der Waals surface area (Å²) >= 11 is 11.9. The minimum atomic E-state index is 0.356. The Hall–Kier alpha value is -1.38. The number of halogens is 2. The van der Waals surface area contributed by atoms with Crippen LogP contribution in [0.4, 0.5) is 5.69 Å². The largest absolute Gasteiger partial charge is 0.507 e. The lowest BCUT2D eigenvalue weighted by Crippen LogP contribution is -2.00. The maximum atomic E-state index is 9.73. The molecular formula is C15H15Cl2NO. The van der Waals surface area contributed by atoms with Crippen LogP contribution in [0.3, 0.4) is 0 Å². The summed E-state index contributed by atoms with van der Waals surface area (Å²) in [4.78, 5) is 0. The minimum Gasteiger partial charge on any atom is -0.507 e. The third-order valence-corrected chi connectivity index (χ3v) is 3.35. The van der Waals surface area contributed by atoms with Crippen LogP contribution < -0.4 is 5.32 Å². The van der Waals surface area contributed by atoms with Crippen molar-refractivity contribution < 1.29 is 5.11 Å². The number of hydrogen-bond acceptors (Lipinski definition) is 2. The highest BCUT2D eigenvalue weighted by atomic mass is 35.5. The summed E-state index contributed by atoms with van der Waals surface area (Å²) in [5.74, 6) is 0.356. The molecule has 0 fully saturated rings. The van der Waals surface area contributed by atoms with Gasteiger partial charge >= 0.3 is 0 Å². The fraction of sp³-hybridized carbons (Fsp3) is 0.200. The predicted octanol–water partition coefficient (Wildman–Crippen LogP) is 4.93. The lowest BCUT2D eigenvalue weighted by molar-refractivity contribution is 0.466. The Kier molecular flexibility index (Phi) is 4.23. The molecule has 0 amide bonds. The van der Waals surface area contributed by atoms with Crippen LogP contribution in [-0.2, 0) is 6.54 Å². The molecule has 0 spiro atoms. The van der Waals surface area contributed by atoms with Gasteiger partial charge in [-0.1, -0.05) is 35.3 Å². The highest BCUT2D eigenvalue weighted by molar-refractivity contribution is 6.35. The van der Waals surface area contributed by atoms with Crippen molar-refractivity contribution in [1.29, 1.82) is 0 Å². The Morgan fingerprint density at radius 1 is 0.947 bits per heavy atom. The molecule has 2 aromatic rings. The molecule has 2 rings (SSSR count). The third kappa shape index (κ3) is 3.55. The van der Waals surface area contributed by atoms with Gasteiger partial charge < -0.3 is 10.4 Å². The number of anilines is 1. The molecule has 0 radical (unpaired) electrons. The van der Waals surface area contributed by atoms with Crippen molar-refractivity contribution in [1.82, 2.24) is 0 Å². The number of phenolic OH excluding ortho intramolecular Hbond substituents is 1. The van der Waals surface area contributed by atoms with Crippen LogP contribution in [0.2, 0.25) is 10.0 Å². The zero-order valence-corrected chi connectivity index (χ0v) is 12.3. The van der Waals surface area contributed by atoms with Crippen LogP contribution >= 0.6 is 23.2 Å². The number of aryl methyl sites for hydroxylation is 2. The van der Waals surface area contributed by atoms with Gasteiger partial charge in [0, 0.05) is 22.3 Å². The van der Waals surface area contributed by atoms with E-state index >= 15 is 0 Å². The molecule has 0 aliphatic heterocycles. The molecule has 0 aromatic heterocycles. The van der Waals surface area contributed by atoms with E-state index < -0.39 is 0 Å². The molecule has 0 aliphatic carbocycles. The second-order valence-electron chi connectivity index (χ2n) is 4.59. The summed E-state index contributed by atoms with van der Waals surface area (Å²) in [6.07, 6.45) is 0. The second-order valence-corrected chi connectivity index (χ2v) is 5.46. The molecule has 19 heavy (non-hydrogen) atoms. The van der Waals surface area contributed by atoms with Crippen molar-refractivity contribution in [2.24, 2.45) is 0 Å². The van der Waals surface area contributed by atoms with Gasteiger partial charge in [0.15, 0.2) is 0 Å². The molecule has 2 aromatic carbocycles. The smallest absolute Gasteiger partial charge is 0.121 e. The molecule has 0 saturated carbocycles. The number of phenols is 1. The van der Waals surface area contributed by atoms with Gasteiger partial charge in [-0.2, -0.15) is 0 Å². The van der Waals surface area contributed by atoms with Crippen molar-refractivity contribution in [2.75, 3.05) is 5.32 Å². The first-order valence-electron chi connectivity index (χ1n) is 5.95. The van der Waals surface area contributed by atoms with Crippen LogP contribution in [0.1, 0.15) is 16.7 Å². The van der Waals surface area contributed by atoms with E-state index in [1.807, 2.05) is 38.1 Å². The van der Waals surface area contributed by atoms with Crippen LogP contribution in [-0.4, -0.2) is 5.11 Å². The maximum absolute atomic E-state index is 9.73. The van der Waals surface area contributed by atoms with Gasteiger partial charge in [-0.15, -0.1) is 0 Å². The topological polar surface area (TPSA) is 32.3 Å². The maximum Gasteiger partial charge on any atom is 0.121 e. The molecule has 100 valence electrons. The van der Waals surface area contributed by atoms with Crippen molar-refractivity contribution in [3.05, 3.63) is 57.1 Å². The normalized spacial score (nSPS) is 10.5. The summed E-state index contributed by atoms with van der Waals surface area (Å²) in [5.41, 5.74) is 3.73. The van der Waals surface area contributed by atoms with Crippen LogP contribution in [0.25, 0.3) is 0 Å². The standard InChI is InChI=1S/C15H15Cl2NO/c1-9-3-11(4-10(2)15(9)19)8-18-14-6-12(16)5-13(17)7-14/h3-7,18-19H,8H2,1-2H3. The molecule has 0 heterocycles. The summed E-state index contributed by atoms with van der Waals surface area (Å²) < 4.78 is 0. The minimum absolute atomic E-state index is 0.356. The Morgan fingerprint density at radius 2 is 1.47 bits per heavy atom. The van der Waals surface area contributed by atoms with Crippen LogP contribution in [0.15, 0.2) is 30.3 Å². The highest BCUT2D eigenvalue weighted by Crippen LogP contribution is 2.25. The van der Waals surface area contributed by atoms with Crippen molar-refractivity contribution in [2.45, 2.75) is 20.4 Å². The lowest BCUT2D eigenvalue weighted by Gasteiger charge is -2.10. The van der Waals surface area contributed by atoms with E-state index in [2.05, 4.69) is 5.32 Å². The predicted molar refractivity (Wildman–Crippen MR) is 81.4 cm³/mol. The van der Waals surface area contributed by atoms with Gasteiger partial charge in [-0.05, 0) is 48.7 Å². The lowest BCUT2D eigenvalue weighted by atomic mass is 10.1. The molecule has 0 unspecified atom stereocenters. The van der Waals surface area contributed by atoms with Gasteiger partial charge in [0.2, 0.25) is 0 Å². The third-order valence-electron chi connectivity index (χ3n) is 2.91.